The van der Waals surface area contributed by atoms with E-state index < -0.39 is 20.9 Å². The van der Waals surface area contributed by atoms with Gasteiger partial charge in [0.2, 0.25) is 0 Å². The zero-order valence-electron chi connectivity index (χ0n) is 23.3. The highest BCUT2D eigenvalue weighted by Crippen LogP contribution is 2.38. The normalized spacial score (nSPS) is 21.1. The third-order valence-electron chi connectivity index (χ3n) is 6.52. The topological polar surface area (TPSA) is 52.6 Å². The smallest absolute Gasteiger partial charge is 0.185 e. The third-order valence-corrected chi connectivity index (χ3v) is 8.57. The molecule has 0 saturated carbocycles. The molecule has 35 heavy (non-hydrogen) atoms. The molecule has 2 atom stereocenters. The van der Waals surface area contributed by atoms with E-state index in [9.17, 15) is 8.42 Å². The van der Waals surface area contributed by atoms with E-state index in [2.05, 4.69) is 46.8 Å². The van der Waals surface area contributed by atoms with Gasteiger partial charge in [0.05, 0.1) is 21.9 Å². The lowest BCUT2D eigenvalue weighted by molar-refractivity contribution is -0.157. The number of rotatable bonds is 11. The predicted molar refractivity (Wildman–Crippen MR) is 146 cm³/mol. The molecule has 1 fully saturated rings. The van der Waals surface area contributed by atoms with Crippen molar-refractivity contribution < 1.29 is 17.9 Å². The number of benzene rings is 1. The van der Waals surface area contributed by atoms with Crippen molar-refractivity contribution in [3.63, 3.8) is 0 Å². The number of allylic oxidation sites excluding steroid dienone is 5. The molecular formula is C30H46O4S. The first-order valence-electron chi connectivity index (χ1n) is 12.8. The van der Waals surface area contributed by atoms with Gasteiger partial charge in [-0.2, -0.15) is 0 Å². The zero-order chi connectivity index (χ0) is 26.4. The molecule has 0 aliphatic carbocycles. The lowest BCUT2D eigenvalue weighted by Gasteiger charge is -2.24. The lowest BCUT2D eigenvalue weighted by atomic mass is 9.95. The number of hydrogen-bond donors (Lipinski definition) is 0. The maximum absolute atomic E-state index is 13.6. The minimum absolute atomic E-state index is 0.0368. The molecule has 0 bridgehead atoms. The Labute approximate surface area is 214 Å². The van der Waals surface area contributed by atoms with Gasteiger partial charge in [-0.1, -0.05) is 52.6 Å². The summed E-state index contributed by atoms with van der Waals surface area (Å²) in [6.07, 6.45) is 10.2. The Morgan fingerprint density at radius 3 is 2.14 bits per heavy atom. The van der Waals surface area contributed by atoms with Gasteiger partial charge >= 0.3 is 0 Å². The zero-order valence-corrected chi connectivity index (χ0v) is 24.1. The van der Waals surface area contributed by atoms with E-state index in [4.69, 9.17) is 9.47 Å². The summed E-state index contributed by atoms with van der Waals surface area (Å²) in [5, 5.41) is -0.603. The van der Waals surface area contributed by atoms with Gasteiger partial charge in [-0.15, -0.1) is 0 Å². The molecule has 5 heteroatoms. The van der Waals surface area contributed by atoms with Crippen LogP contribution in [0, 0.1) is 6.92 Å². The van der Waals surface area contributed by atoms with Crippen molar-refractivity contribution in [1.29, 1.82) is 0 Å². The molecule has 1 aliphatic rings. The molecule has 2 rings (SSSR count). The maximum atomic E-state index is 13.6. The van der Waals surface area contributed by atoms with Gasteiger partial charge in [-0.25, -0.2) is 8.42 Å². The number of ether oxygens (including phenoxy) is 2. The molecule has 0 N–H and O–H groups in total. The minimum Gasteiger partial charge on any atom is -0.344 e. The summed E-state index contributed by atoms with van der Waals surface area (Å²) in [5.41, 5.74) is 4.26. The van der Waals surface area contributed by atoms with E-state index in [0.29, 0.717) is 11.3 Å². The molecule has 0 radical (unpaired) electrons. The van der Waals surface area contributed by atoms with E-state index in [0.717, 1.165) is 36.8 Å². The standard InChI is InChI=1S/C30H46O4S/c1-22(2)11-10-12-23(3)15-19-27(35(31,32)26-17-13-24(4)14-18-26)21-25(5)16-20-28-29(6,7)34-30(8,9)33-28/h11,13-15,17-18,21,27-28H,10,12,16,19-20H2,1-9H3/b23-15+,25-21+/t27?,28-/m1/s1. The van der Waals surface area contributed by atoms with Gasteiger partial charge < -0.3 is 9.47 Å². The van der Waals surface area contributed by atoms with Crippen LogP contribution in [0.3, 0.4) is 0 Å². The molecule has 1 saturated heterocycles. The summed E-state index contributed by atoms with van der Waals surface area (Å²) in [4.78, 5) is 0.378. The molecule has 1 aromatic carbocycles. The molecule has 1 unspecified atom stereocenters. The van der Waals surface area contributed by atoms with Crippen molar-refractivity contribution in [3.05, 3.63) is 64.8 Å². The highest BCUT2D eigenvalue weighted by atomic mass is 32.2. The quantitative estimate of drug-likeness (QED) is 0.289. The van der Waals surface area contributed by atoms with Crippen LogP contribution in [-0.4, -0.2) is 31.2 Å². The minimum atomic E-state index is -3.51. The van der Waals surface area contributed by atoms with Crippen LogP contribution >= 0.6 is 0 Å². The summed E-state index contributed by atoms with van der Waals surface area (Å²) in [5.74, 6) is -0.600. The van der Waals surface area contributed by atoms with Crippen LogP contribution in [0.25, 0.3) is 0 Å². The van der Waals surface area contributed by atoms with E-state index in [1.807, 2.05) is 45.9 Å². The van der Waals surface area contributed by atoms with Gasteiger partial charge in [-0.05, 0) is 107 Å². The van der Waals surface area contributed by atoms with Gasteiger partial charge in [-0.3, -0.25) is 0 Å². The monoisotopic (exact) mass is 502 g/mol. The van der Waals surface area contributed by atoms with Crippen LogP contribution in [0.15, 0.2) is 64.1 Å². The Morgan fingerprint density at radius 1 is 0.971 bits per heavy atom. The van der Waals surface area contributed by atoms with Gasteiger partial charge in [0.15, 0.2) is 15.6 Å². The Hall–Kier alpha value is -1.69. The molecule has 196 valence electrons. The Bertz CT molecular complexity index is 1040. The number of sulfone groups is 1. The van der Waals surface area contributed by atoms with E-state index >= 15 is 0 Å². The van der Waals surface area contributed by atoms with E-state index in [1.54, 1.807) is 12.1 Å². The van der Waals surface area contributed by atoms with Gasteiger partial charge in [0, 0.05) is 0 Å². The summed E-state index contributed by atoms with van der Waals surface area (Å²) in [6.45, 7) is 18.3. The molecule has 0 aromatic heterocycles. The molecule has 0 amide bonds. The molecule has 4 nitrogen and oxygen atoms in total. The first-order chi connectivity index (χ1) is 16.1. The van der Waals surface area contributed by atoms with Crippen molar-refractivity contribution >= 4 is 9.84 Å². The van der Waals surface area contributed by atoms with Crippen LogP contribution in [0.2, 0.25) is 0 Å². The lowest BCUT2D eigenvalue weighted by Crippen LogP contribution is -2.33. The highest BCUT2D eigenvalue weighted by Gasteiger charge is 2.46. The number of aryl methyl sites for hydroxylation is 1. The first kappa shape index (κ1) is 29.5. The van der Waals surface area contributed by atoms with Crippen LogP contribution < -0.4 is 0 Å². The van der Waals surface area contributed by atoms with Crippen molar-refractivity contribution in [2.24, 2.45) is 0 Å². The van der Waals surface area contributed by atoms with Crippen LogP contribution in [0.4, 0.5) is 0 Å². The molecule has 0 spiro atoms. The summed E-state index contributed by atoms with van der Waals surface area (Å²) < 4.78 is 39.4. The van der Waals surface area contributed by atoms with E-state index in [1.165, 1.54) is 11.1 Å². The molecule has 1 aliphatic heterocycles. The Kier molecular flexibility index (Phi) is 10.2. The second kappa shape index (κ2) is 12.0. The molecule has 1 aromatic rings. The third kappa shape index (κ3) is 9.04. The average molecular weight is 503 g/mol. The fourth-order valence-corrected chi connectivity index (χ4v) is 6.19. The largest absolute Gasteiger partial charge is 0.344 e. The second-order valence-electron chi connectivity index (χ2n) is 11.3. The van der Waals surface area contributed by atoms with Gasteiger partial charge in [0.25, 0.3) is 0 Å². The van der Waals surface area contributed by atoms with Gasteiger partial charge in [0.1, 0.15) is 0 Å². The second-order valence-corrected chi connectivity index (χ2v) is 13.4. The molecular weight excluding hydrogens is 456 g/mol. The van der Waals surface area contributed by atoms with Crippen LogP contribution in [-0.2, 0) is 19.3 Å². The first-order valence-corrected chi connectivity index (χ1v) is 14.3. The predicted octanol–water partition coefficient (Wildman–Crippen LogP) is 7.88. The summed E-state index contributed by atoms with van der Waals surface area (Å²) in [6, 6.07) is 7.17. The number of hydrogen-bond acceptors (Lipinski definition) is 4. The summed E-state index contributed by atoms with van der Waals surface area (Å²) in [7, 11) is -3.51. The fraction of sp³-hybridized carbons (Fsp3) is 0.600. The molecule has 1 heterocycles. The average Bonchev–Trinajstić information content (AvgIpc) is 2.95. The van der Waals surface area contributed by atoms with Crippen LogP contribution in [0.5, 0.6) is 0 Å². The van der Waals surface area contributed by atoms with Crippen LogP contribution in [0.1, 0.15) is 93.1 Å². The van der Waals surface area contributed by atoms with Crippen molar-refractivity contribution in [3.8, 4) is 0 Å². The van der Waals surface area contributed by atoms with E-state index in [-0.39, 0.29) is 11.7 Å². The highest BCUT2D eigenvalue weighted by molar-refractivity contribution is 7.92. The van der Waals surface area contributed by atoms with Crippen molar-refractivity contribution in [2.45, 2.75) is 122 Å². The Morgan fingerprint density at radius 2 is 1.60 bits per heavy atom. The summed E-state index contributed by atoms with van der Waals surface area (Å²) >= 11 is 0. The maximum Gasteiger partial charge on any atom is 0.185 e. The SMILES string of the molecule is CC(C)=CCC/C(C)=C/CC(/C=C(\C)CC[C@H]1OC(C)(C)OC1(C)C)S(=O)(=O)c1ccc(C)cc1. The van der Waals surface area contributed by atoms with Crippen molar-refractivity contribution in [2.75, 3.05) is 0 Å². The Balaban J connectivity index is 2.23. The van der Waals surface area contributed by atoms with Crippen molar-refractivity contribution in [1.82, 2.24) is 0 Å². The fourth-order valence-electron chi connectivity index (χ4n) is 4.57.